The van der Waals surface area contributed by atoms with Crippen LogP contribution < -0.4 is 0 Å². The van der Waals surface area contributed by atoms with E-state index in [4.69, 9.17) is 14.0 Å². The lowest BCUT2D eigenvalue weighted by Gasteiger charge is -2.19. The first-order valence-electron chi connectivity index (χ1n) is 21.2. The highest BCUT2D eigenvalue weighted by atomic mass is 31.2. The second-order valence-corrected chi connectivity index (χ2v) is 14.9. The van der Waals surface area contributed by atoms with E-state index in [1.54, 1.807) is 0 Å². The number of hydrogen-bond acceptors (Lipinski definition) is 7. The molecule has 320 valence electrons. The monoisotopic (exact) mass is 811 g/mol. The Labute approximate surface area is 346 Å². The molecule has 8 nitrogen and oxygen atoms in total. The molecule has 0 radical (unpaired) electrons. The minimum Gasteiger partial charge on any atom is -0.462 e. The van der Waals surface area contributed by atoms with Gasteiger partial charge in [0.15, 0.2) is 6.10 Å². The van der Waals surface area contributed by atoms with Gasteiger partial charge >= 0.3 is 19.8 Å². The first-order chi connectivity index (χ1) is 27.8. The molecule has 2 atom stereocenters. The average molecular weight is 811 g/mol. The lowest BCUT2D eigenvalue weighted by Crippen LogP contribution is -2.29. The van der Waals surface area contributed by atoms with E-state index in [0.717, 1.165) is 110 Å². The largest absolute Gasteiger partial charge is 0.472 e. The molecule has 0 aliphatic carbocycles. The van der Waals surface area contributed by atoms with Crippen LogP contribution >= 0.6 is 7.82 Å². The Balaban J connectivity index is 4.18. The van der Waals surface area contributed by atoms with Crippen molar-refractivity contribution in [1.29, 1.82) is 0 Å². The van der Waals surface area contributed by atoms with Gasteiger partial charge in [-0.15, -0.1) is 0 Å². The number of carbonyl (C=O) groups is 2. The van der Waals surface area contributed by atoms with E-state index < -0.39 is 32.5 Å². The predicted molar refractivity (Wildman–Crippen MR) is 239 cm³/mol. The number of esters is 2. The Morgan fingerprint density at radius 1 is 0.491 bits per heavy atom. The van der Waals surface area contributed by atoms with Gasteiger partial charge in [-0.2, -0.15) is 0 Å². The third kappa shape index (κ3) is 41.9. The molecular weight excluding hydrogens is 735 g/mol. The fraction of sp³-hybridized carbons (Fsp3) is 0.542. The molecule has 0 aliphatic rings. The molecule has 0 aromatic rings. The third-order valence-corrected chi connectivity index (χ3v) is 9.14. The number of allylic oxidation sites excluding steroid dienone is 20. The summed E-state index contributed by atoms with van der Waals surface area (Å²) in [7, 11) is -3.25. The first-order valence-corrected chi connectivity index (χ1v) is 22.7. The molecule has 0 amide bonds. The summed E-state index contributed by atoms with van der Waals surface area (Å²) in [6, 6.07) is 0. The summed E-state index contributed by atoms with van der Waals surface area (Å²) < 4.78 is 31.9. The van der Waals surface area contributed by atoms with E-state index in [-0.39, 0.29) is 19.4 Å². The summed E-state index contributed by atoms with van der Waals surface area (Å²) >= 11 is 0. The van der Waals surface area contributed by atoms with E-state index >= 15 is 0 Å². The molecule has 0 fully saturated rings. The molecule has 0 aromatic heterocycles. The fourth-order valence-electron chi connectivity index (χ4n) is 5.00. The number of unbranched alkanes of at least 4 members (excludes halogenated alkanes) is 6. The van der Waals surface area contributed by atoms with Gasteiger partial charge in [-0.3, -0.25) is 18.6 Å². The molecule has 2 unspecified atom stereocenters. The van der Waals surface area contributed by atoms with Crippen LogP contribution in [-0.4, -0.2) is 43.3 Å². The van der Waals surface area contributed by atoms with Gasteiger partial charge in [0.1, 0.15) is 6.61 Å². The van der Waals surface area contributed by atoms with Crippen LogP contribution in [0.25, 0.3) is 0 Å². The SMILES string of the molecule is CC/C=C\C/C=C\C/C=C\C/C=C\C/C=C\CCCCCC(=O)OCC(COP(=O)(O)OC)OC(=O)CCCCC/C=C\C/C=C\C/C=C\C/C=C\C/C=C\CC. The van der Waals surface area contributed by atoms with Gasteiger partial charge in [-0.25, -0.2) is 4.57 Å². The summed E-state index contributed by atoms with van der Waals surface area (Å²) in [5, 5.41) is 0. The first kappa shape index (κ1) is 53.5. The molecule has 57 heavy (non-hydrogen) atoms. The summed E-state index contributed by atoms with van der Waals surface area (Å²) in [6.07, 6.45) is 59.6. The predicted octanol–water partition coefficient (Wildman–Crippen LogP) is 13.6. The van der Waals surface area contributed by atoms with Crippen LogP contribution in [0, 0.1) is 0 Å². The van der Waals surface area contributed by atoms with E-state index in [1.807, 2.05) is 0 Å². The fourth-order valence-corrected chi connectivity index (χ4v) is 5.46. The van der Waals surface area contributed by atoms with Gasteiger partial charge in [-0.1, -0.05) is 148 Å². The zero-order valence-electron chi connectivity index (χ0n) is 35.4. The Morgan fingerprint density at radius 3 is 1.21 bits per heavy atom. The number of hydrogen-bond donors (Lipinski definition) is 1. The average Bonchev–Trinajstić information content (AvgIpc) is 3.20. The van der Waals surface area contributed by atoms with E-state index in [1.165, 1.54) is 0 Å². The molecule has 1 N–H and O–H groups in total. The topological polar surface area (TPSA) is 108 Å². The van der Waals surface area contributed by atoms with Crippen LogP contribution in [0.15, 0.2) is 122 Å². The molecular formula is C48H75O8P. The third-order valence-electron chi connectivity index (χ3n) is 8.20. The van der Waals surface area contributed by atoms with Crippen molar-refractivity contribution in [1.82, 2.24) is 0 Å². The van der Waals surface area contributed by atoms with Crippen LogP contribution in [0.5, 0.6) is 0 Å². The van der Waals surface area contributed by atoms with E-state index in [0.29, 0.717) is 12.8 Å². The second kappa shape index (κ2) is 42.1. The lowest BCUT2D eigenvalue weighted by molar-refractivity contribution is -0.161. The highest BCUT2D eigenvalue weighted by Gasteiger charge is 2.24. The van der Waals surface area contributed by atoms with Crippen molar-refractivity contribution in [3.8, 4) is 0 Å². The number of rotatable bonds is 37. The summed E-state index contributed by atoms with van der Waals surface area (Å²) in [5.41, 5.74) is 0. The van der Waals surface area contributed by atoms with E-state index in [9.17, 15) is 19.0 Å². The van der Waals surface area contributed by atoms with Gasteiger partial charge < -0.3 is 14.4 Å². The molecule has 9 heteroatoms. The van der Waals surface area contributed by atoms with Gasteiger partial charge in [0, 0.05) is 20.0 Å². The van der Waals surface area contributed by atoms with Crippen molar-refractivity contribution in [2.45, 2.75) is 148 Å². The van der Waals surface area contributed by atoms with Crippen LogP contribution in [-0.2, 0) is 32.7 Å². The van der Waals surface area contributed by atoms with Crippen molar-refractivity contribution in [3.63, 3.8) is 0 Å². The molecule has 0 heterocycles. The Hall–Kier alpha value is -3.55. The number of phosphoric acid groups is 1. The maximum absolute atomic E-state index is 12.5. The smallest absolute Gasteiger partial charge is 0.462 e. The normalized spacial score (nSPS) is 14.5. The Kier molecular flexibility index (Phi) is 39.4. The van der Waals surface area contributed by atoms with Crippen molar-refractivity contribution < 1.29 is 37.6 Å². The van der Waals surface area contributed by atoms with Crippen molar-refractivity contribution in [3.05, 3.63) is 122 Å². The zero-order valence-corrected chi connectivity index (χ0v) is 36.3. The summed E-state index contributed by atoms with van der Waals surface area (Å²) in [6.45, 7) is 3.58. The standard InChI is InChI=1S/C48H75O8P/c1-4-6-8-10-12-14-16-18-20-22-24-26-28-30-32-34-36-38-40-42-47(49)54-44-46(45-55-57(51,52)53-3)56-48(50)43-41-39-37-35-33-31-29-27-25-23-21-19-17-15-13-11-9-7-5-2/h6-9,12-15,18-21,24-27,30-33,46H,4-5,10-11,16-17,22-23,28-29,34-45H2,1-3H3,(H,51,52)/b8-6-,9-7-,14-12-,15-13-,20-18-,21-19-,26-24-,27-25-,32-30-,33-31-. The Bertz CT molecular complexity index is 1330. The van der Waals surface area contributed by atoms with Crippen LogP contribution in [0.1, 0.15) is 142 Å². The lowest BCUT2D eigenvalue weighted by atomic mass is 10.1. The van der Waals surface area contributed by atoms with Crippen molar-refractivity contribution in [2.75, 3.05) is 20.3 Å². The van der Waals surface area contributed by atoms with Crippen molar-refractivity contribution >= 4 is 19.8 Å². The number of carbonyl (C=O) groups excluding carboxylic acids is 2. The van der Waals surface area contributed by atoms with Crippen LogP contribution in [0.3, 0.4) is 0 Å². The van der Waals surface area contributed by atoms with Crippen LogP contribution in [0.2, 0.25) is 0 Å². The maximum atomic E-state index is 12.5. The Morgan fingerprint density at radius 2 is 0.842 bits per heavy atom. The van der Waals surface area contributed by atoms with Crippen molar-refractivity contribution in [2.24, 2.45) is 0 Å². The highest BCUT2D eigenvalue weighted by Crippen LogP contribution is 2.42. The zero-order chi connectivity index (χ0) is 41.8. The maximum Gasteiger partial charge on any atom is 0.472 e. The molecule has 0 aliphatic heterocycles. The number of ether oxygens (including phenoxy) is 2. The van der Waals surface area contributed by atoms with Crippen LogP contribution in [0.4, 0.5) is 0 Å². The quantitative estimate of drug-likeness (QED) is 0.0286. The molecule has 0 rings (SSSR count). The van der Waals surface area contributed by atoms with E-state index in [2.05, 4.69) is 140 Å². The highest BCUT2D eigenvalue weighted by molar-refractivity contribution is 7.47. The van der Waals surface area contributed by atoms with Gasteiger partial charge in [0.05, 0.1) is 6.61 Å². The molecule has 0 aromatic carbocycles. The molecule has 0 bridgehead atoms. The molecule has 0 saturated heterocycles. The van der Waals surface area contributed by atoms with Gasteiger partial charge in [0.2, 0.25) is 0 Å². The molecule has 0 saturated carbocycles. The van der Waals surface area contributed by atoms with Gasteiger partial charge in [0.25, 0.3) is 0 Å². The minimum atomic E-state index is -4.29. The summed E-state index contributed by atoms with van der Waals surface area (Å²) in [5.74, 6) is -0.894. The second-order valence-electron chi connectivity index (χ2n) is 13.4. The summed E-state index contributed by atoms with van der Waals surface area (Å²) in [4.78, 5) is 34.5. The van der Waals surface area contributed by atoms with Gasteiger partial charge in [-0.05, 0) is 103 Å². The number of phosphoric ester groups is 1. The molecule has 0 spiro atoms. The minimum absolute atomic E-state index is 0.190.